The highest BCUT2D eigenvalue weighted by Crippen LogP contribution is 2.79. The Morgan fingerprint density at radius 2 is 1.76 bits per heavy atom. The third-order valence-electron chi connectivity index (χ3n) is 10.2. The van der Waals surface area contributed by atoms with Crippen molar-refractivity contribution >= 4 is 11.6 Å². The second kappa shape index (κ2) is 7.17. The smallest absolute Gasteiger partial charge is 0.383 e. The summed E-state index contributed by atoms with van der Waals surface area (Å²) in [6.07, 6.45) is -1.14. The summed E-state index contributed by atoms with van der Waals surface area (Å²) < 4.78 is 77.6. The molecule has 1 N–H and O–H groups in total. The van der Waals surface area contributed by atoms with Crippen LogP contribution in [0.2, 0.25) is 0 Å². The Labute approximate surface area is 210 Å². The number of ketones is 2. The van der Waals surface area contributed by atoms with Crippen LogP contribution < -0.4 is 0 Å². The molecule has 37 heavy (non-hydrogen) atoms. The van der Waals surface area contributed by atoms with Crippen molar-refractivity contribution in [3.8, 4) is 0 Å². The molecule has 3 saturated carbocycles. The van der Waals surface area contributed by atoms with Gasteiger partial charge in [-0.05, 0) is 80.2 Å². The first-order chi connectivity index (χ1) is 17.1. The molecule has 1 aromatic rings. The van der Waals surface area contributed by atoms with E-state index in [0.717, 1.165) is 5.57 Å². The number of allylic oxidation sites excluding steroid dienone is 2. The summed E-state index contributed by atoms with van der Waals surface area (Å²) in [7, 11) is 0. The second-order valence-corrected chi connectivity index (χ2v) is 11.6. The highest BCUT2D eigenvalue weighted by Gasteiger charge is 2.86. The zero-order valence-electron chi connectivity index (χ0n) is 20.4. The largest absolute Gasteiger partial charge is 0.456 e. The number of carbonyl (C=O) groups excluding carboxylic acids is 2. The molecule has 4 nitrogen and oxygen atoms in total. The zero-order chi connectivity index (χ0) is 26.8. The van der Waals surface area contributed by atoms with Crippen molar-refractivity contribution in [3.05, 3.63) is 59.2 Å². The van der Waals surface area contributed by atoms with E-state index in [1.165, 1.54) is 26.0 Å². The van der Waals surface area contributed by atoms with Crippen LogP contribution in [0.15, 0.2) is 48.1 Å². The van der Waals surface area contributed by atoms with Crippen molar-refractivity contribution in [2.45, 2.75) is 80.8 Å². The van der Waals surface area contributed by atoms with Gasteiger partial charge in [-0.2, -0.15) is 22.0 Å². The molecule has 0 bridgehead atoms. The van der Waals surface area contributed by atoms with E-state index in [1.54, 1.807) is 30.3 Å². The quantitative estimate of drug-likeness (QED) is 0.314. The van der Waals surface area contributed by atoms with Crippen molar-refractivity contribution in [1.29, 1.82) is 0 Å². The van der Waals surface area contributed by atoms with Crippen LogP contribution in [0.5, 0.6) is 0 Å². The summed E-state index contributed by atoms with van der Waals surface area (Å²) in [5.41, 5.74) is -5.02. The SMILES string of the molecule is CC(=O)c1ccc([C@H]2C[C@@]3(C)[C@@H](CC[C@@]3(O)C(F)(F)C(F)(F)F)[C@@H]3CCC4=CC(=O)C=C[C@]45O[C@]235)cc1. The van der Waals surface area contributed by atoms with E-state index in [0.29, 0.717) is 24.0 Å². The molecule has 4 fully saturated rings. The second-order valence-electron chi connectivity index (χ2n) is 11.6. The van der Waals surface area contributed by atoms with Crippen molar-refractivity contribution in [2.24, 2.45) is 17.3 Å². The van der Waals surface area contributed by atoms with E-state index in [-0.39, 0.29) is 24.4 Å². The van der Waals surface area contributed by atoms with Gasteiger partial charge in [-0.25, -0.2) is 0 Å². The molecule has 1 saturated heterocycles. The molecular formula is C28H27F5O4. The fourth-order valence-corrected chi connectivity index (χ4v) is 8.46. The van der Waals surface area contributed by atoms with E-state index in [9.17, 15) is 27.9 Å². The Bertz CT molecular complexity index is 1270. The monoisotopic (exact) mass is 522 g/mol. The van der Waals surface area contributed by atoms with Crippen LogP contribution in [0.4, 0.5) is 22.0 Å². The van der Waals surface area contributed by atoms with Crippen molar-refractivity contribution in [2.75, 3.05) is 0 Å². The molecule has 4 aliphatic carbocycles. The molecule has 9 heteroatoms. The van der Waals surface area contributed by atoms with Gasteiger partial charge < -0.3 is 9.84 Å². The normalized spacial score (nSPS) is 42.3. The number of ether oxygens (including phenoxy) is 1. The highest BCUT2D eigenvalue weighted by molar-refractivity contribution is 6.02. The maximum absolute atomic E-state index is 15.0. The number of alkyl halides is 5. The molecule has 0 radical (unpaired) electrons. The number of carbonyl (C=O) groups is 2. The van der Waals surface area contributed by atoms with Crippen molar-refractivity contribution in [1.82, 2.24) is 0 Å². The van der Waals surface area contributed by atoms with Gasteiger partial charge in [0.1, 0.15) is 16.8 Å². The maximum Gasteiger partial charge on any atom is 0.456 e. The van der Waals surface area contributed by atoms with Crippen LogP contribution in [-0.4, -0.2) is 45.6 Å². The molecule has 0 unspecified atom stereocenters. The zero-order valence-corrected chi connectivity index (χ0v) is 20.4. The van der Waals surface area contributed by atoms with Gasteiger partial charge in [-0.15, -0.1) is 0 Å². The summed E-state index contributed by atoms with van der Waals surface area (Å²) >= 11 is 0. The number of hydrogen-bond donors (Lipinski definition) is 1. The summed E-state index contributed by atoms with van der Waals surface area (Å²) in [4.78, 5) is 24.0. The first kappa shape index (κ1) is 24.9. The Balaban J connectivity index is 1.52. The lowest BCUT2D eigenvalue weighted by atomic mass is 9.46. The average molecular weight is 523 g/mol. The van der Waals surface area contributed by atoms with Gasteiger partial charge in [-0.1, -0.05) is 31.2 Å². The van der Waals surface area contributed by atoms with Crippen LogP contribution in [0.3, 0.4) is 0 Å². The molecule has 7 atom stereocenters. The summed E-state index contributed by atoms with van der Waals surface area (Å²) in [5, 5.41) is 11.3. The molecule has 1 aliphatic heterocycles. The summed E-state index contributed by atoms with van der Waals surface area (Å²) in [5.74, 6) is -7.32. The van der Waals surface area contributed by atoms with Gasteiger partial charge in [0, 0.05) is 16.9 Å². The maximum atomic E-state index is 15.0. The minimum Gasteiger partial charge on any atom is -0.383 e. The Morgan fingerprint density at radius 1 is 1.08 bits per heavy atom. The van der Waals surface area contributed by atoms with Gasteiger partial charge in [0.05, 0.1) is 0 Å². The fraction of sp³-hybridized carbons (Fsp3) is 0.571. The van der Waals surface area contributed by atoms with Crippen LogP contribution in [0.1, 0.15) is 67.8 Å². The van der Waals surface area contributed by atoms with E-state index >= 15 is 8.78 Å². The standard InChI is InChI=1S/C28H27F5O4/c1-15(34)16-3-5-17(6-4-16)22-14-23(2)20(10-12-25(23,36)27(29,30)28(31,32)33)21-8-7-18-13-19(35)9-11-24(18)26(21,22)37-24/h3-6,9,11,13,20-22,36H,7-8,10,12,14H2,1-2H3/t20-,21-,22+,23-,24-,25-,26-/m0/s1. The van der Waals surface area contributed by atoms with Gasteiger partial charge in [-0.3, -0.25) is 9.59 Å². The third-order valence-corrected chi connectivity index (χ3v) is 10.2. The van der Waals surface area contributed by atoms with Gasteiger partial charge in [0.15, 0.2) is 11.6 Å². The minimum absolute atomic E-state index is 0.0161. The van der Waals surface area contributed by atoms with Crippen LogP contribution in [0, 0.1) is 17.3 Å². The molecule has 0 amide bonds. The molecule has 6 rings (SSSR count). The lowest BCUT2D eigenvalue weighted by Crippen LogP contribution is -2.67. The summed E-state index contributed by atoms with van der Waals surface area (Å²) in [6, 6.07) is 6.60. The number of epoxide rings is 1. The number of hydrogen-bond acceptors (Lipinski definition) is 4. The van der Waals surface area contributed by atoms with Gasteiger partial charge in [0.25, 0.3) is 0 Å². The average Bonchev–Trinajstić information content (AvgIpc) is 3.43. The molecule has 1 heterocycles. The van der Waals surface area contributed by atoms with Crippen LogP contribution >= 0.6 is 0 Å². The molecular weight excluding hydrogens is 495 g/mol. The Morgan fingerprint density at radius 3 is 2.38 bits per heavy atom. The number of fused-ring (bicyclic) bond motifs is 2. The molecule has 1 aromatic carbocycles. The first-order valence-electron chi connectivity index (χ1n) is 12.6. The number of Topliss-reactive ketones (excluding diaryl/α,β-unsaturated/α-hetero) is 1. The molecule has 198 valence electrons. The van der Waals surface area contributed by atoms with Gasteiger partial charge in [0.2, 0.25) is 0 Å². The minimum atomic E-state index is -5.90. The Hall–Kier alpha value is -2.39. The molecule has 2 spiro atoms. The first-order valence-corrected chi connectivity index (χ1v) is 12.6. The van der Waals surface area contributed by atoms with Crippen LogP contribution in [-0.2, 0) is 9.53 Å². The highest BCUT2D eigenvalue weighted by atomic mass is 19.4. The topological polar surface area (TPSA) is 66.9 Å². The van der Waals surface area contributed by atoms with E-state index in [1.807, 2.05) is 0 Å². The van der Waals surface area contributed by atoms with E-state index in [2.05, 4.69) is 0 Å². The Kier molecular flexibility index (Phi) is 4.83. The van der Waals surface area contributed by atoms with E-state index in [4.69, 9.17) is 4.74 Å². The van der Waals surface area contributed by atoms with Crippen LogP contribution in [0.25, 0.3) is 0 Å². The predicted molar refractivity (Wildman–Crippen MR) is 122 cm³/mol. The number of rotatable bonds is 3. The number of benzene rings is 1. The molecule has 5 aliphatic rings. The third kappa shape index (κ3) is 2.80. The van der Waals surface area contributed by atoms with Crippen molar-refractivity contribution < 1.29 is 41.4 Å². The lowest BCUT2D eigenvalue weighted by molar-refractivity contribution is -0.363. The lowest BCUT2D eigenvalue weighted by Gasteiger charge is -2.57. The van der Waals surface area contributed by atoms with E-state index < -0.39 is 58.5 Å². The number of halogens is 5. The fourth-order valence-electron chi connectivity index (χ4n) is 8.46. The molecule has 0 aromatic heterocycles. The van der Waals surface area contributed by atoms with Gasteiger partial charge >= 0.3 is 12.1 Å². The predicted octanol–water partition coefficient (Wildman–Crippen LogP) is 5.70. The van der Waals surface area contributed by atoms with Crippen molar-refractivity contribution in [3.63, 3.8) is 0 Å². The summed E-state index contributed by atoms with van der Waals surface area (Å²) in [6.45, 7) is 2.78. The number of aliphatic hydroxyl groups is 1.